The summed E-state index contributed by atoms with van der Waals surface area (Å²) in [5.41, 5.74) is 0. The average molecular weight is 247 g/mol. The summed E-state index contributed by atoms with van der Waals surface area (Å²) in [6.45, 7) is 8.54. The van der Waals surface area contributed by atoms with Gasteiger partial charge in [-0.25, -0.2) is 0 Å². The van der Waals surface area contributed by atoms with Gasteiger partial charge in [-0.2, -0.15) is 0 Å². The van der Waals surface area contributed by atoms with E-state index in [2.05, 4.69) is 32.3 Å². The SMILES string of the molecule is C=CCC(C)(CCCCCC)[Se]C. The van der Waals surface area contributed by atoms with Crippen LogP contribution in [-0.4, -0.2) is 15.0 Å². The van der Waals surface area contributed by atoms with Crippen molar-refractivity contribution in [2.24, 2.45) is 0 Å². The molecule has 1 heteroatoms. The van der Waals surface area contributed by atoms with Gasteiger partial charge in [-0.3, -0.25) is 0 Å². The monoisotopic (exact) mass is 248 g/mol. The van der Waals surface area contributed by atoms with Gasteiger partial charge in [-0.15, -0.1) is 0 Å². The Kier molecular flexibility index (Phi) is 7.80. The van der Waals surface area contributed by atoms with Crippen LogP contribution >= 0.6 is 0 Å². The molecule has 0 spiro atoms. The predicted molar refractivity (Wildman–Crippen MR) is 63.6 cm³/mol. The van der Waals surface area contributed by atoms with Crippen molar-refractivity contribution in [1.82, 2.24) is 0 Å². The maximum atomic E-state index is 3.85. The van der Waals surface area contributed by atoms with Crippen molar-refractivity contribution in [3.63, 3.8) is 0 Å². The van der Waals surface area contributed by atoms with Crippen LogP contribution in [0.15, 0.2) is 12.7 Å². The Morgan fingerprint density at radius 2 is 2.00 bits per heavy atom. The fraction of sp³-hybridized carbons (Fsp3) is 0.833. The topological polar surface area (TPSA) is 0 Å². The maximum absolute atomic E-state index is 3.85. The first-order valence-corrected chi connectivity index (χ1v) is 7.91. The summed E-state index contributed by atoms with van der Waals surface area (Å²) in [5.74, 6) is 2.36. The molecule has 0 saturated carbocycles. The van der Waals surface area contributed by atoms with Crippen LogP contribution in [0.2, 0.25) is 10.1 Å². The first-order chi connectivity index (χ1) is 6.18. The summed E-state index contributed by atoms with van der Waals surface area (Å²) < 4.78 is 0.586. The van der Waals surface area contributed by atoms with Gasteiger partial charge in [-0.1, -0.05) is 0 Å². The van der Waals surface area contributed by atoms with Gasteiger partial charge in [0.05, 0.1) is 0 Å². The zero-order chi connectivity index (χ0) is 10.2. The first-order valence-electron chi connectivity index (χ1n) is 5.34. The summed E-state index contributed by atoms with van der Waals surface area (Å²) in [6.07, 6.45) is 10.3. The van der Waals surface area contributed by atoms with Gasteiger partial charge >= 0.3 is 90.1 Å². The van der Waals surface area contributed by atoms with Gasteiger partial charge in [0.25, 0.3) is 0 Å². The average Bonchev–Trinajstić information content (AvgIpc) is 2.13. The Labute approximate surface area is 90.3 Å². The van der Waals surface area contributed by atoms with Crippen LogP contribution < -0.4 is 0 Å². The van der Waals surface area contributed by atoms with E-state index in [1.165, 1.54) is 38.5 Å². The normalized spacial score (nSPS) is 15.3. The molecule has 0 rings (SSSR count). The van der Waals surface area contributed by atoms with Crippen LogP contribution in [0.1, 0.15) is 52.4 Å². The van der Waals surface area contributed by atoms with Crippen LogP contribution in [0.4, 0.5) is 0 Å². The Morgan fingerprint density at radius 1 is 1.31 bits per heavy atom. The third-order valence-corrected chi connectivity index (χ3v) is 5.47. The molecule has 1 unspecified atom stereocenters. The van der Waals surface area contributed by atoms with E-state index in [0.29, 0.717) is 4.31 Å². The summed E-state index contributed by atoms with van der Waals surface area (Å²) in [6, 6.07) is 0. The third-order valence-electron chi connectivity index (χ3n) is 2.63. The minimum atomic E-state index is 0.586. The van der Waals surface area contributed by atoms with Gasteiger partial charge in [0.1, 0.15) is 0 Å². The number of hydrogen-bond donors (Lipinski definition) is 0. The van der Waals surface area contributed by atoms with Gasteiger partial charge in [0.2, 0.25) is 0 Å². The van der Waals surface area contributed by atoms with E-state index in [-0.39, 0.29) is 0 Å². The predicted octanol–water partition coefficient (Wildman–Crippen LogP) is 4.46. The van der Waals surface area contributed by atoms with E-state index >= 15 is 0 Å². The fourth-order valence-electron chi connectivity index (χ4n) is 1.52. The van der Waals surface area contributed by atoms with Crippen LogP contribution in [0.3, 0.4) is 0 Å². The van der Waals surface area contributed by atoms with Crippen molar-refractivity contribution in [1.29, 1.82) is 0 Å². The summed E-state index contributed by atoms with van der Waals surface area (Å²) in [4.78, 5) is 0. The summed E-state index contributed by atoms with van der Waals surface area (Å²) in [7, 11) is 0. The Balaban J connectivity index is 3.63. The first kappa shape index (κ1) is 13.3. The number of hydrogen-bond acceptors (Lipinski definition) is 0. The fourth-order valence-corrected chi connectivity index (χ4v) is 2.85. The molecule has 78 valence electrons. The molecule has 0 nitrogen and oxygen atoms in total. The molecular weight excluding hydrogens is 223 g/mol. The molecule has 0 saturated heterocycles. The molecule has 0 aromatic rings. The molecule has 0 N–H and O–H groups in total. The van der Waals surface area contributed by atoms with E-state index in [1.54, 1.807) is 0 Å². The zero-order valence-corrected chi connectivity index (χ0v) is 11.1. The van der Waals surface area contributed by atoms with Crippen molar-refractivity contribution in [2.45, 2.75) is 62.5 Å². The van der Waals surface area contributed by atoms with E-state index in [1.807, 2.05) is 0 Å². The van der Waals surface area contributed by atoms with Crippen molar-refractivity contribution in [3.8, 4) is 0 Å². The second-order valence-corrected chi connectivity index (χ2v) is 6.88. The molecule has 0 fully saturated rings. The summed E-state index contributed by atoms with van der Waals surface area (Å²) >= 11 is 0.757. The Bertz CT molecular complexity index is 131. The second kappa shape index (κ2) is 7.64. The third kappa shape index (κ3) is 6.35. The van der Waals surface area contributed by atoms with Gasteiger partial charge in [0, 0.05) is 0 Å². The molecule has 0 aromatic heterocycles. The quantitative estimate of drug-likeness (QED) is 0.337. The molecule has 0 heterocycles. The molecule has 13 heavy (non-hydrogen) atoms. The van der Waals surface area contributed by atoms with Crippen molar-refractivity contribution < 1.29 is 0 Å². The molecule has 0 radical (unpaired) electrons. The molecule has 0 aliphatic carbocycles. The minimum absolute atomic E-state index is 0.586. The van der Waals surface area contributed by atoms with E-state index in [9.17, 15) is 0 Å². The number of rotatable bonds is 8. The van der Waals surface area contributed by atoms with Crippen LogP contribution in [0, 0.1) is 0 Å². The molecule has 1 atom stereocenters. The summed E-state index contributed by atoms with van der Waals surface area (Å²) in [5, 5.41) is 0. The number of allylic oxidation sites excluding steroid dienone is 1. The van der Waals surface area contributed by atoms with Crippen molar-refractivity contribution >= 4 is 15.0 Å². The van der Waals surface area contributed by atoms with Crippen molar-refractivity contribution in [2.75, 3.05) is 0 Å². The molecule has 0 aliphatic heterocycles. The molecule has 0 aliphatic rings. The second-order valence-electron chi connectivity index (χ2n) is 3.96. The van der Waals surface area contributed by atoms with Gasteiger partial charge in [0.15, 0.2) is 0 Å². The van der Waals surface area contributed by atoms with E-state index in [0.717, 1.165) is 15.0 Å². The standard InChI is InChI=1S/C12H24Se/c1-5-7-8-9-11-12(3,13-4)10-6-2/h6H,2,5,7-11H2,1,3-4H3. The Morgan fingerprint density at radius 3 is 2.46 bits per heavy atom. The Hall–Kier alpha value is 0.259. The van der Waals surface area contributed by atoms with Gasteiger partial charge in [-0.05, 0) is 0 Å². The van der Waals surface area contributed by atoms with Crippen LogP contribution in [0.25, 0.3) is 0 Å². The van der Waals surface area contributed by atoms with Crippen molar-refractivity contribution in [3.05, 3.63) is 12.7 Å². The van der Waals surface area contributed by atoms with Crippen LogP contribution in [-0.2, 0) is 0 Å². The zero-order valence-electron chi connectivity index (χ0n) is 9.44. The number of unbranched alkanes of at least 4 members (excludes halogenated alkanes) is 3. The molecule has 0 bridgehead atoms. The molecule has 0 aromatic carbocycles. The van der Waals surface area contributed by atoms with E-state index < -0.39 is 0 Å². The van der Waals surface area contributed by atoms with Gasteiger partial charge < -0.3 is 0 Å². The van der Waals surface area contributed by atoms with Crippen LogP contribution in [0.5, 0.6) is 0 Å². The molecule has 0 amide bonds. The molecular formula is C12H24Se. The van der Waals surface area contributed by atoms with E-state index in [4.69, 9.17) is 0 Å².